The van der Waals surface area contributed by atoms with Crippen LogP contribution in [0.3, 0.4) is 0 Å². The van der Waals surface area contributed by atoms with E-state index in [4.69, 9.17) is 16.3 Å². The van der Waals surface area contributed by atoms with Crippen LogP contribution >= 0.6 is 11.6 Å². The summed E-state index contributed by atoms with van der Waals surface area (Å²) in [6.45, 7) is 2.57. The molecule has 7 nitrogen and oxygen atoms in total. The number of rotatable bonds is 6. The van der Waals surface area contributed by atoms with Crippen molar-refractivity contribution in [2.75, 3.05) is 50.1 Å². The van der Waals surface area contributed by atoms with Gasteiger partial charge in [-0.05, 0) is 42.5 Å². The van der Waals surface area contributed by atoms with Gasteiger partial charge in [0, 0.05) is 31.5 Å². The summed E-state index contributed by atoms with van der Waals surface area (Å²) in [6.07, 6.45) is 0. The number of hydrogen-bond donors (Lipinski definition) is 1. The predicted molar refractivity (Wildman–Crippen MR) is 109 cm³/mol. The number of benzene rings is 2. The molecule has 0 unspecified atom stereocenters. The molecule has 1 aliphatic rings. The van der Waals surface area contributed by atoms with Crippen molar-refractivity contribution in [3.05, 3.63) is 53.3 Å². The van der Waals surface area contributed by atoms with Crippen LogP contribution in [0.4, 0.5) is 15.8 Å². The summed E-state index contributed by atoms with van der Waals surface area (Å²) in [7, 11) is -2.71. The molecule has 0 atom stereocenters. The molecular formula is C19H21ClFN3O4S. The van der Waals surface area contributed by atoms with Crippen molar-refractivity contribution in [2.24, 2.45) is 0 Å². The highest BCUT2D eigenvalue weighted by Gasteiger charge is 2.24. The lowest BCUT2D eigenvalue weighted by Crippen LogP contribution is -2.36. The third kappa shape index (κ3) is 5.24. The summed E-state index contributed by atoms with van der Waals surface area (Å²) in [4.78, 5) is 14.3. The first-order valence-electron chi connectivity index (χ1n) is 8.91. The Kier molecular flexibility index (Phi) is 6.74. The lowest BCUT2D eigenvalue weighted by molar-refractivity contribution is -0.116. The van der Waals surface area contributed by atoms with E-state index in [2.05, 4.69) is 10.2 Å². The number of hydrogen-bond acceptors (Lipinski definition) is 5. The molecule has 3 rings (SSSR count). The minimum atomic E-state index is -3.98. The highest BCUT2D eigenvalue weighted by Crippen LogP contribution is 2.22. The van der Waals surface area contributed by atoms with Crippen LogP contribution < -0.4 is 10.2 Å². The van der Waals surface area contributed by atoms with Crippen LogP contribution in [0.25, 0.3) is 0 Å². The van der Waals surface area contributed by atoms with Gasteiger partial charge < -0.3 is 15.0 Å². The number of amides is 1. The SMILES string of the molecule is CN(CC(=O)Nc1ccc(N2CCOCC2)cc1)S(=O)(=O)c1ccc(F)c(Cl)c1. The normalized spacial score (nSPS) is 14.8. The molecule has 1 saturated heterocycles. The van der Waals surface area contributed by atoms with E-state index in [1.165, 1.54) is 7.05 Å². The number of likely N-dealkylation sites (N-methyl/N-ethyl adjacent to an activating group) is 1. The third-order valence-electron chi connectivity index (χ3n) is 4.49. The topological polar surface area (TPSA) is 79.0 Å². The van der Waals surface area contributed by atoms with Crippen LogP contribution in [0.15, 0.2) is 47.4 Å². The van der Waals surface area contributed by atoms with Crippen LogP contribution in [0, 0.1) is 5.82 Å². The first-order valence-corrected chi connectivity index (χ1v) is 10.7. The first kappa shape index (κ1) is 21.5. The Morgan fingerprint density at radius 3 is 2.48 bits per heavy atom. The van der Waals surface area contributed by atoms with Crippen molar-refractivity contribution < 1.29 is 22.3 Å². The number of carbonyl (C=O) groups is 1. The predicted octanol–water partition coefficient (Wildman–Crippen LogP) is 2.57. The summed E-state index contributed by atoms with van der Waals surface area (Å²) in [5.41, 5.74) is 1.59. The third-order valence-corrected chi connectivity index (χ3v) is 6.58. The molecule has 0 saturated carbocycles. The van der Waals surface area contributed by atoms with E-state index in [-0.39, 0.29) is 9.92 Å². The van der Waals surface area contributed by atoms with E-state index < -0.39 is 28.3 Å². The van der Waals surface area contributed by atoms with E-state index in [1.54, 1.807) is 12.1 Å². The number of halogens is 2. The van der Waals surface area contributed by atoms with Crippen molar-refractivity contribution >= 4 is 38.9 Å². The Bertz CT molecular complexity index is 979. The highest BCUT2D eigenvalue weighted by molar-refractivity contribution is 7.89. The van der Waals surface area contributed by atoms with Crippen molar-refractivity contribution in [2.45, 2.75) is 4.90 Å². The second kappa shape index (κ2) is 9.08. The number of anilines is 2. The minimum absolute atomic E-state index is 0.186. The largest absolute Gasteiger partial charge is 0.378 e. The summed E-state index contributed by atoms with van der Waals surface area (Å²) in [6, 6.07) is 10.4. The van der Waals surface area contributed by atoms with Gasteiger partial charge in [-0.3, -0.25) is 4.79 Å². The minimum Gasteiger partial charge on any atom is -0.378 e. The molecule has 2 aromatic carbocycles. The quantitative estimate of drug-likeness (QED) is 0.745. The Hall–Kier alpha value is -2.20. The molecular weight excluding hydrogens is 421 g/mol. The molecule has 1 amide bonds. The second-order valence-corrected chi connectivity index (χ2v) is 8.98. The van der Waals surface area contributed by atoms with E-state index >= 15 is 0 Å². The Morgan fingerprint density at radius 1 is 1.21 bits per heavy atom. The van der Waals surface area contributed by atoms with Gasteiger partial charge in [0.25, 0.3) is 0 Å². The van der Waals surface area contributed by atoms with E-state index in [0.717, 1.165) is 41.3 Å². The molecule has 29 heavy (non-hydrogen) atoms. The molecule has 2 aromatic rings. The molecule has 10 heteroatoms. The van der Waals surface area contributed by atoms with Gasteiger partial charge in [-0.2, -0.15) is 4.31 Å². The molecule has 0 aliphatic carbocycles. The standard InChI is InChI=1S/C19H21ClFN3O4S/c1-23(29(26,27)16-6-7-18(21)17(20)12-16)13-19(25)22-14-2-4-15(5-3-14)24-8-10-28-11-9-24/h2-7,12H,8-11,13H2,1H3,(H,22,25). The zero-order valence-corrected chi connectivity index (χ0v) is 17.3. The summed E-state index contributed by atoms with van der Waals surface area (Å²) < 4.78 is 44.6. The van der Waals surface area contributed by atoms with Crippen LogP contribution in [-0.2, 0) is 19.6 Å². The van der Waals surface area contributed by atoms with Crippen molar-refractivity contribution in [1.29, 1.82) is 0 Å². The van der Waals surface area contributed by atoms with Crippen molar-refractivity contribution in [1.82, 2.24) is 4.31 Å². The molecule has 1 fully saturated rings. The number of nitrogens with one attached hydrogen (secondary N) is 1. The molecule has 1 heterocycles. The van der Waals surface area contributed by atoms with Crippen molar-refractivity contribution in [3.63, 3.8) is 0 Å². The second-order valence-electron chi connectivity index (χ2n) is 6.53. The van der Waals surface area contributed by atoms with Gasteiger partial charge in [0.2, 0.25) is 15.9 Å². The Labute approximate surface area is 174 Å². The van der Waals surface area contributed by atoms with Gasteiger partial charge in [-0.1, -0.05) is 11.6 Å². The van der Waals surface area contributed by atoms with Gasteiger partial charge in [-0.25, -0.2) is 12.8 Å². The molecule has 0 bridgehead atoms. The van der Waals surface area contributed by atoms with Crippen LogP contribution in [0.1, 0.15) is 0 Å². The Balaban J connectivity index is 1.61. The fourth-order valence-electron chi connectivity index (χ4n) is 2.88. The van der Waals surface area contributed by atoms with Gasteiger partial charge in [0.15, 0.2) is 0 Å². The maximum absolute atomic E-state index is 13.3. The number of nitrogens with zero attached hydrogens (tertiary/aromatic N) is 2. The molecule has 0 spiro atoms. The number of carbonyl (C=O) groups excluding carboxylic acids is 1. The number of morpholine rings is 1. The van der Waals surface area contributed by atoms with Gasteiger partial charge in [0.05, 0.1) is 29.7 Å². The monoisotopic (exact) mass is 441 g/mol. The number of ether oxygens (including phenoxy) is 1. The van der Waals surface area contributed by atoms with E-state index in [0.29, 0.717) is 18.9 Å². The molecule has 0 radical (unpaired) electrons. The van der Waals surface area contributed by atoms with E-state index in [1.807, 2.05) is 12.1 Å². The molecule has 1 aliphatic heterocycles. The maximum atomic E-state index is 13.3. The molecule has 0 aromatic heterocycles. The number of sulfonamides is 1. The maximum Gasteiger partial charge on any atom is 0.243 e. The average molecular weight is 442 g/mol. The lowest BCUT2D eigenvalue weighted by Gasteiger charge is -2.28. The van der Waals surface area contributed by atoms with Crippen LogP contribution in [0.5, 0.6) is 0 Å². The smallest absolute Gasteiger partial charge is 0.243 e. The Morgan fingerprint density at radius 2 is 1.86 bits per heavy atom. The van der Waals surface area contributed by atoms with Crippen LogP contribution in [0.2, 0.25) is 5.02 Å². The molecule has 1 N–H and O–H groups in total. The molecule has 156 valence electrons. The zero-order chi connectivity index (χ0) is 21.0. The summed E-state index contributed by atoms with van der Waals surface area (Å²) >= 11 is 5.66. The zero-order valence-electron chi connectivity index (χ0n) is 15.8. The lowest BCUT2D eigenvalue weighted by atomic mass is 10.2. The van der Waals surface area contributed by atoms with Crippen LogP contribution in [-0.4, -0.2) is 58.5 Å². The van der Waals surface area contributed by atoms with Gasteiger partial charge in [-0.15, -0.1) is 0 Å². The summed E-state index contributed by atoms with van der Waals surface area (Å²) in [5.74, 6) is -1.21. The fraction of sp³-hybridized carbons (Fsp3) is 0.316. The van der Waals surface area contributed by atoms with Crippen molar-refractivity contribution in [3.8, 4) is 0 Å². The van der Waals surface area contributed by atoms with Gasteiger partial charge >= 0.3 is 0 Å². The van der Waals surface area contributed by atoms with Gasteiger partial charge in [0.1, 0.15) is 5.82 Å². The average Bonchev–Trinajstić information content (AvgIpc) is 2.71. The van der Waals surface area contributed by atoms with E-state index in [9.17, 15) is 17.6 Å². The first-order chi connectivity index (χ1) is 13.8. The fourth-order valence-corrected chi connectivity index (χ4v) is 4.28. The summed E-state index contributed by atoms with van der Waals surface area (Å²) in [5, 5.41) is 2.37. The highest BCUT2D eigenvalue weighted by atomic mass is 35.5.